The van der Waals surface area contributed by atoms with Gasteiger partial charge in [0.1, 0.15) is 6.04 Å². The zero-order chi connectivity index (χ0) is 13.1. The maximum absolute atomic E-state index is 11.8. The summed E-state index contributed by atoms with van der Waals surface area (Å²) in [6, 6.07) is -0.189. The Kier molecular flexibility index (Phi) is 9.83. The van der Waals surface area contributed by atoms with Gasteiger partial charge in [0, 0.05) is 6.54 Å². The molecule has 1 unspecified atom stereocenters. The summed E-state index contributed by atoms with van der Waals surface area (Å²) in [6.07, 6.45) is 7.44. The third-order valence-electron chi connectivity index (χ3n) is 2.83. The number of hydrogen-bond acceptors (Lipinski definition) is 3. The minimum absolute atomic E-state index is 0.134. The van der Waals surface area contributed by atoms with E-state index in [1.54, 1.807) is 0 Å². The van der Waals surface area contributed by atoms with Crippen molar-refractivity contribution in [2.24, 2.45) is 5.92 Å². The Morgan fingerprint density at radius 3 is 2.53 bits per heavy atom. The number of allylic oxidation sites excluding steroid dienone is 1. The van der Waals surface area contributed by atoms with Crippen LogP contribution in [0.1, 0.15) is 47.0 Å². The maximum Gasteiger partial charge on any atom is 0.323 e. The standard InChI is InChI=1S/C14H27NO2/c1-5-8-9-10-11-15-13(12(4)6-2)14(16)17-7-3/h9-10,12-13,15H,5-8,11H2,1-4H3/b10-9-/t12?,13-/m1/s1. The number of esters is 1. The summed E-state index contributed by atoms with van der Waals surface area (Å²) in [5.74, 6) is 0.166. The molecule has 2 atom stereocenters. The Hall–Kier alpha value is -0.830. The molecule has 17 heavy (non-hydrogen) atoms. The maximum atomic E-state index is 11.8. The summed E-state index contributed by atoms with van der Waals surface area (Å²) in [6.45, 7) is 9.33. The predicted octanol–water partition coefficient (Wildman–Crippen LogP) is 2.91. The lowest BCUT2D eigenvalue weighted by atomic mass is 9.99. The molecule has 0 rings (SSSR count). The number of rotatable bonds is 9. The molecule has 1 N–H and O–H groups in total. The fourth-order valence-corrected chi connectivity index (χ4v) is 1.55. The van der Waals surface area contributed by atoms with Gasteiger partial charge in [-0.15, -0.1) is 0 Å². The molecule has 0 aromatic carbocycles. The van der Waals surface area contributed by atoms with Crippen LogP contribution in [-0.4, -0.2) is 25.2 Å². The Morgan fingerprint density at radius 2 is 2.00 bits per heavy atom. The molecule has 0 aromatic heterocycles. The van der Waals surface area contributed by atoms with E-state index in [2.05, 4.69) is 38.2 Å². The van der Waals surface area contributed by atoms with E-state index in [0.29, 0.717) is 12.5 Å². The monoisotopic (exact) mass is 241 g/mol. The lowest BCUT2D eigenvalue weighted by molar-refractivity contribution is -0.147. The van der Waals surface area contributed by atoms with Crippen molar-refractivity contribution in [2.75, 3.05) is 13.2 Å². The van der Waals surface area contributed by atoms with Gasteiger partial charge in [0.15, 0.2) is 0 Å². The van der Waals surface area contributed by atoms with Crippen LogP contribution >= 0.6 is 0 Å². The first-order valence-electron chi connectivity index (χ1n) is 6.72. The summed E-state index contributed by atoms with van der Waals surface area (Å²) in [5.41, 5.74) is 0. The number of carbonyl (C=O) groups excluding carboxylic acids is 1. The molecule has 3 heteroatoms. The molecule has 0 spiro atoms. The van der Waals surface area contributed by atoms with E-state index in [1.807, 2.05) is 6.92 Å². The third-order valence-corrected chi connectivity index (χ3v) is 2.83. The summed E-state index contributed by atoms with van der Waals surface area (Å²) >= 11 is 0. The van der Waals surface area contributed by atoms with E-state index in [0.717, 1.165) is 25.8 Å². The predicted molar refractivity (Wildman–Crippen MR) is 71.9 cm³/mol. The molecule has 0 aliphatic heterocycles. The normalized spacial score (nSPS) is 14.8. The van der Waals surface area contributed by atoms with Crippen LogP contribution in [0.15, 0.2) is 12.2 Å². The Bertz CT molecular complexity index is 226. The van der Waals surface area contributed by atoms with E-state index in [9.17, 15) is 4.79 Å². The SMILES string of the molecule is CCC/C=C\CN[C@@H](C(=O)OCC)C(C)CC. The molecule has 0 amide bonds. The van der Waals surface area contributed by atoms with E-state index >= 15 is 0 Å². The second-order valence-electron chi connectivity index (χ2n) is 4.28. The molecule has 0 aromatic rings. The summed E-state index contributed by atoms with van der Waals surface area (Å²) < 4.78 is 5.08. The zero-order valence-electron chi connectivity index (χ0n) is 11.7. The minimum Gasteiger partial charge on any atom is -0.465 e. The topological polar surface area (TPSA) is 38.3 Å². The lowest BCUT2D eigenvalue weighted by Crippen LogP contribution is -2.43. The van der Waals surface area contributed by atoms with Crippen molar-refractivity contribution in [3.05, 3.63) is 12.2 Å². The Balaban J connectivity index is 4.15. The van der Waals surface area contributed by atoms with Crippen LogP contribution in [0.25, 0.3) is 0 Å². The summed E-state index contributed by atoms with van der Waals surface area (Å²) in [7, 11) is 0. The van der Waals surface area contributed by atoms with E-state index in [-0.39, 0.29) is 12.0 Å². The van der Waals surface area contributed by atoms with Gasteiger partial charge in [-0.1, -0.05) is 45.8 Å². The average Bonchev–Trinajstić information content (AvgIpc) is 2.33. The van der Waals surface area contributed by atoms with Crippen LogP contribution in [0.5, 0.6) is 0 Å². The highest BCUT2D eigenvalue weighted by molar-refractivity contribution is 5.76. The molecular weight excluding hydrogens is 214 g/mol. The van der Waals surface area contributed by atoms with Gasteiger partial charge in [-0.2, -0.15) is 0 Å². The summed E-state index contributed by atoms with van der Waals surface area (Å²) in [5, 5.41) is 3.25. The molecule has 0 aliphatic rings. The lowest BCUT2D eigenvalue weighted by Gasteiger charge is -2.21. The molecule has 0 saturated carbocycles. The molecule has 0 heterocycles. The van der Waals surface area contributed by atoms with Gasteiger partial charge in [-0.3, -0.25) is 4.79 Å². The van der Waals surface area contributed by atoms with Crippen molar-refractivity contribution in [2.45, 2.75) is 53.0 Å². The van der Waals surface area contributed by atoms with Gasteiger partial charge in [0.2, 0.25) is 0 Å². The fraction of sp³-hybridized carbons (Fsp3) is 0.786. The van der Waals surface area contributed by atoms with Gasteiger partial charge in [-0.05, 0) is 19.3 Å². The number of ether oxygens (including phenoxy) is 1. The van der Waals surface area contributed by atoms with E-state index in [4.69, 9.17) is 4.74 Å². The van der Waals surface area contributed by atoms with Crippen molar-refractivity contribution in [3.8, 4) is 0 Å². The number of carbonyl (C=O) groups is 1. The molecule has 100 valence electrons. The third kappa shape index (κ3) is 7.16. The van der Waals surface area contributed by atoms with Gasteiger partial charge in [0.05, 0.1) is 6.61 Å². The first kappa shape index (κ1) is 16.2. The highest BCUT2D eigenvalue weighted by atomic mass is 16.5. The van der Waals surface area contributed by atoms with Gasteiger partial charge < -0.3 is 10.1 Å². The van der Waals surface area contributed by atoms with Gasteiger partial charge in [-0.25, -0.2) is 0 Å². The first-order valence-corrected chi connectivity index (χ1v) is 6.72. The van der Waals surface area contributed by atoms with E-state index in [1.165, 1.54) is 0 Å². The van der Waals surface area contributed by atoms with Crippen LogP contribution in [-0.2, 0) is 9.53 Å². The molecule has 0 bridgehead atoms. The largest absolute Gasteiger partial charge is 0.465 e. The molecule has 0 saturated heterocycles. The zero-order valence-corrected chi connectivity index (χ0v) is 11.7. The van der Waals surface area contributed by atoms with Crippen molar-refractivity contribution in [1.29, 1.82) is 0 Å². The van der Waals surface area contributed by atoms with Gasteiger partial charge >= 0.3 is 5.97 Å². The van der Waals surface area contributed by atoms with Crippen LogP contribution in [0.2, 0.25) is 0 Å². The van der Waals surface area contributed by atoms with Crippen LogP contribution in [0, 0.1) is 5.92 Å². The Morgan fingerprint density at radius 1 is 1.29 bits per heavy atom. The van der Waals surface area contributed by atoms with Gasteiger partial charge in [0.25, 0.3) is 0 Å². The van der Waals surface area contributed by atoms with Crippen LogP contribution in [0.4, 0.5) is 0 Å². The first-order chi connectivity index (χ1) is 8.17. The van der Waals surface area contributed by atoms with Crippen molar-refractivity contribution >= 4 is 5.97 Å². The van der Waals surface area contributed by atoms with Crippen molar-refractivity contribution in [3.63, 3.8) is 0 Å². The van der Waals surface area contributed by atoms with E-state index < -0.39 is 0 Å². The van der Waals surface area contributed by atoms with Crippen molar-refractivity contribution in [1.82, 2.24) is 5.32 Å². The van der Waals surface area contributed by atoms with Crippen LogP contribution < -0.4 is 5.32 Å². The van der Waals surface area contributed by atoms with Crippen LogP contribution in [0.3, 0.4) is 0 Å². The number of nitrogens with one attached hydrogen (secondary N) is 1. The minimum atomic E-state index is -0.189. The molecule has 0 aliphatic carbocycles. The molecule has 0 radical (unpaired) electrons. The number of hydrogen-bond donors (Lipinski definition) is 1. The quantitative estimate of drug-likeness (QED) is 0.498. The molecule has 0 fully saturated rings. The second kappa shape index (κ2) is 10.3. The highest BCUT2D eigenvalue weighted by Crippen LogP contribution is 2.09. The molecular formula is C14H27NO2. The van der Waals surface area contributed by atoms with Crippen molar-refractivity contribution < 1.29 is 9.53 Å². The highest BCUT2D eigenvalue weighted by Gasteiger charge is 2.23. The Labute approximate surface area is 106 Å². The number of unbranched alkanes of at least 4 members (excludes halogenated alkanes) is 1. The average molecular weight is 241 g/mol. The summed E-state index contributed by atoms with van der Waals surface area (Å²) in [4.78, 5) is 11.8. The fourth-order valence-electron chi connectivity index (χ4n) is 1.55. The molecule has 3 nitrogen and oxygen atoms in total. The smallest absolute Gasteiger partial charge is 0.323 e. The second-order valence-corrected chi connectivity index (χ2v) is 4.28.